The van der Waals surface area contributed by atoms with E-state index in [4.69, 9.17) is 4.74 Å². The fourth-order valence-corrected chi connectivity index (χ4v) is 1.87. The number of rotatable bonds is 4. The van der Waals surface area contributed by atoms with Crippen LogP contribution in [0.15, 0.2) is 10.9 Å². The van der Waals surface area contributed by atoms with E-state index < -0.39 is 0 Å². The van der Waals surface area contributed by atoms with Gasteiger partial charge in [-0.05, 0) is 19.3 Å². The van der Waals surface area contributed by atoms with Gasteiger partial charge < -0.3 is 10.1 Å². The Morgan fingerprint density at radius 1 is 1.62 bits per heavy atom. The fraction of sp³-hybridized carbons (Fsp3) is 0.636. The minimum absolute atomic E-state index is 0.0377. The lowest BCUT2D eigenvalue weighted by atomic mass is 10.1. The molecule has 1 aromatic heterocycles. The van der Waals surface area contributed by atoms with E-state index >= 15 is 0 Å². The Hall–Kier alpha value is -1.36. The molecule has 0 bridgehead atoms. The first-order valence-electron chi connectivity index (χ1n) is 5.65. The van der Waals surface area contributed by atoms with Crippen molar-refractivity contribution < 1.29 is 4.74 Å². The summed E-state index contributed by atoms with van der Waals surface area (Å²) in [5.41, 5.74) is 1.87. The van der Waals surface area contributed by atoms with Crippen molar-refractivity contribution in [3.63, 3.8) is 0 Å². The highest BCUT2D eigenvalue weighted by atomic mass is 16.5. The van der Waals surface area contributed by atoms with Crippen molar-refractivity contribution in [3.8, 4) is 0 Å². The second-order valence-electron chi connectivity index (χ2n) is 3.94. The van der Waals surface area contributed by atoms with Crippen molar-refractivity contribution in [2.75, 3.05) is 25.6 Å². The molecule has 16 heavy (non-hydrogen) atoms. The summed E-state index contributed by atoms with van der Waals surface area (Å²) >= 11 is 0. The summed E-state index contributed by atoms with van der Waals surface area (Å²) in [6.45, 7) is 2.21. The van der Waals surface area contributed by atoms with Gasteiger partial charge in [0.15, 0.2) is 0 Å². The number of aryl methyl sites for hydroxylation is 2. The van der Waals surface area contributed by atoms with Crippen molar-refractivity contribution in [2.24, 2.45) is 0 Å². The lowest BCUT2D eigenvalue weighted by Gasteiger charge is -2.17. The summed E-state index contributed by atoms with van der Waals surface area (Å²) in [7, 11) is 1.66. The first-order chi connectivity index (χ1) is 7.81. The molecule has 0 aromatic carbocycles. The maximum Gasteiger partial charge on any atom is 0.268 e. The van der Waals surface area contributed by atoms with Gasteiger partial charge in [-0.15, -0.1) is 0 Å². The third-order valence-corrected chi connectivity index (χ3v) is 2.70. The lowest BCUT2D eigenvalue weighted by molar-refractivity contribution is 0.188. The molecule has 0 unspecified atom stereocenters. The minimum atomic E-state index is -0.0377. The van der Waals surface area contributed by atoms with Crippen molar-refractivity contribution in [2.45, 2.75) is 25.8 Å². The van der Waals surface area contributed by atoms with Crippen molar-refractivity contribution in [1.82, 2.24) is 9.78 Å². The van der Waals surface area contributed by atoms with Crippen molar-refractivity contribution >= 4 is 5.69 Å². The highest BCUT2D eigenvalue weighted by Gasteiger charge is 2.12. The number of hydrogen-bond donors (Lipinski definition) is 1. The number of hydrogen-bond acceptors (Lipinski definition) is 4. The molecule has 1 aromatic rings. The fourth-order valence-electron chi connectivity index (χ4n) is 1.87. The van der Waals surface area contributed by atoms with Crippen LogP contribution in [0.1, 0.15) is 18.5 Å². The predicted octanol–water partition coefficient (Wildman–Crippen LogP) is 0.638. The molecule has 0 spiro atoms. The van der Waals surface area contributed by atoms with Crippen LogP contribution in [0.5, 0.6) is 0 Å². The zero-order chi connectivity index (χ0) is 11.4. The molecule has 0 fully saturated rings. The Morgan fingerprint density at radius 2 is 2.50 bits per heavy atom. The number of ether oxygens (including phenoxy) is 1. The van der Waals surface area contributed by atoms with Gasteiger partial charge in [-0.1, -0.05) is 0 Å². The maximum absolute atomic E-state index is 11.7. The van der Waals surface area contributed by atoms with Gasteiger partial charge in [0.1, 0.15) is 0 Å². The Labute approximate surface area is 94.4 Å². The first kappa shape index (κ1) is 11.1. The number of nitrogens with zero attached hydrogens (tertiary/aromatic N) is 2. The highest BCUT2D eigenvalue weighted by molar-refractivity contribution is 5.48. The van der Waals surface area contributed by atoms with Gasteiger partial charge >= 0.3 is 0 Å². The summed E-state index contributed by atoms with van der Waals surface area (Å²) in [6, 6.07) is 1.65. The van der Waals surface area contributed by atoms with E-state index in [1.807, 2.05) is 0 Å². The van der Waals surface area contributed by atoms with Crippen molar-refractivity contribution in [1.29, 1.82) is 0 Å². The van der Waals surface area contributed by atoms with Crippen LogP contribution in [0, 0.1) is 0 Å². The van der Waals surface area contributed by atoms with Crippen LogP contribution in [0.2, 0.25) is 0 Å². The SMILES string of the molecule is COCCCn1nc2c(cc1=O)NCCC2. The Morgan fingerprint density at radius 3 is 3.31 bits per heavy atom. The largest absolute Gasteiger partial charge is 0.385 e. The number of aromatic nitrogens is 2. The first-order valence-corrected chi connectivity index (χ1v) is 5.65. The molecule has 1 aliphatic heterocycles. The second-order valence-corrected chi connectivity index (χ2v) is 3.94. The third-order valence-electron chi connectivity index (χ3n) is 2.70. The number of methoxy groups -OCH3 is 1. The Balaban J connectivity index is 2.16. The zero-order valence-corrected chi connectivity index (χ0v) is 9.53. The standard InChI is InChI=1S/C11H17N3O2/c1-16-7-3-6-14-11(15)8-10-9(13-14)4-2-5-12-10/h8,12H,2-7H2,1H3. The lowest BCUT2D eigenvalue weighted by Crippen LogP contribution is -2.27. The van der Waals surface area contributed by atoms with E-state index in [0.29, 0.717) is 13.2 Å². The minimum Gasteiger partial charge on any atom is -0.385 e. The van der Waals surface area contributed by atoms with Crippen LogP contribution in [0.3, 0.4) is 0 Å². The summed E-state index contributed by atoms with van der Waals surface area (Å²) in [5, 5.41) is 7.57. The average molecular weight is 223 g/mol. The molecule has 5 heteroatoms. The normalized spacial score (nSPS) is 14.3. The smallest absolute Gasteiger partial charge is 0.268 e. The molecule has 2 rings (SSSR count). The van der Waals surface area contributed by atoms with Crippen LogP contribution in [-0.4, -0.2) is 30.0 Å². The van der Waals surface area contributed by atoms with Crippen LogP contribution < -0.4 is 10.9 Å². The molecule has 1 aliphatic rings. The van der Waals surface area contributed by atoms with E-state index in [9.17, 15) is 4.79 Å². The summed E-state index contributed by atoms with van der Waals surface area (Å²) in [4.78, 5) is 11.7. The molecule has 0 saturated carbocycles. The summed E-state index contributed by atoms with van der Waals surface area (Å²) in [5.74, 6) is 0. The second kappa shape index (κ2) is 5.12. The third kappa shape index (κ3) is 2.41. The molecule has 0 aliphatic carbocycles. The van der Waals surface area contributed by atoms with E-state index in [0.717, 1.165) is 37.2 Å². The summed E-state index contributed by atoms with van der Waals surface area (Å²) in [6.07, 6.45) is 2.85. The molecule has 1 N–H and O–H groups in total. The zero-order valence-electron chi connectivity index (χ0n) is 9.53. The number of anilines is 1. The van der Waals surface area contributed by atoms with Gasteiger partial charge in [0, 0.05) is 32.9 Å². The number of fused-ring (bicyclic) bond motifs is 1. The quantitative estimate of drug-likeness (QED) is 0.761. The van der Waals surface area contributed by atoms with Crippen LogP contribution in [-0.2, 0) is 17.7 Å². The van der Waals surface area contributed by atoms with E-state index in [2.05, 4.69) is 10.4 Å². The molecule has 0 amide bonds. The molecular weight excluding hydrogens is 206 g/mol. The van der Waals surface area contributed by atoms with E-state index in [1.54, 1.807) is 13.2 Å². The highest BCUT2D eigenvalue weighted by Crippen LogP contribution is 2.16. The summed E-state index contributed by atoms with van der Waals surface area (Å²) < 4.78 is 6.49. The molecule has 0 saturated heterocycles. The van der Waals surface area contributed by atoms with E-state index in [1.165, 1.54) is 4.68 Å². The molecular formula is C11H17N3O2. The molecule has 2 heterocycles. The van der Waals surface area contributed by atoms with Gasteiger partial charge in [0.25, 0.3) is 5.56 Å². The molecule has 0 atom stereocenters. The monoisotopic (exact) mass is 223 g/mol. The van der Waals surface area contributed by atoms with Gasteiger partial charge in [0.05, 0.1) is 11.4 Å². The average Bonchev–Trinajstić information content (AvgIpc) is 2.30. The number of nitrogens with one attached hydrogen (secondary N) is 1. The Bertz CT molecular complexity index is 414. The van der Waals surface area contributed by atoms with Crippen LogP contribution >= 0.6 is 0 Å². The Kier molecular flexibility index (Phi) is 3.56. The topological polar surface area (TPSA) is 56.2 Å². The molecule has 5 nitrogen and oxygen atoms in total. The van der Waals surface area contributed by atoms with Crippen molar-refractivity contribution in [3.05, 3.63) is 22.1 Å². The van der Waals surface area contributed by atoms with Gasteiger partial charge in [0.2, 0.25) is 0 Å². The predicted molar refractivity (Wildman–Crippen MR) is 61.8 cm³/mol. The molecule has 0 radical (unpaired) electrons. The van der Waals surface area contributed by atoms with Gasteiger partial charge in [-0.3, -0.25) is 4.79 Å². The van der Waals surface area contributed by atoms with E-state index in [-0.39, 0.29) is 5.56 Å². The van der Waals surface area contributed by atoms with Gasteiger partial charge in [-0.25, -0.2) is 4.68 Å². The molecule has 88 valence electrons. The van der Waals surface area contributed by atoms with Gasteiger partial charge in [-0.2, -0.15) is 5.10 Å². The van der Waals surface area contributed by atoms with Crippen LogP contribution in [0.25, 0.3) is 0 Å². The van der Waals surface area contributed by atoms with Crippen LogP contribution in [0.4, 0.5) is 5.69 Å². The maximum atomic E-state index is 11.7.